The van der Waals surface area contributed by atoms with E-state index in [1.54, 1.807) is 18.4 Å². The predicted molar refractivity (Wildman–Crippen MR) is 82.4 cm³/mol. The molecule has 0 aliphatic heterocycles. The molecule has 1 atom stereocenters. The fourth-order valence-electron chi connectivity index (χ4n) is 2.08. The molecule has 102 valence electrons. The van der Waals surface area contributed by atoms with Gasteiger partial charge in [-0.3, -0.25) is 0 Å². The van der Waals surface area contributed by atoms with E-state index in [9.17, 15) is 0 Å². The lowest BCUT2D eigenvalue weighted by molar-refractivity contribution is 0.413. The average Bonchev–Trinajstić information content (AvgIpc) is 2.84. The molecule has 0 aliphatic rings. The number of methoxy groups -OCH3 is 1. The first-order valence-corrected chi connectivity index (χ1v) is 7.54. The van der Waals surface area contributed by atoms with Crippen molar-refractivity contribution in [3.8, 4) is 5.75 Å². The standard InChI is InChI=1S/C15H18ClNOS/c1-3-17-14(10-13-7-8-15(16)19-13)11-5-4-6-12(9-11)18-2/h4-9,14,17H,3,10H2,1-2H3. The number of nitrogens with one attached hydrogen (secondary N) is 1. The highest BCUT2D eigenvalue weighted by Crippen LogP contribution is 2.27. The van der Waals surface area contributed by atoms with Gasteiger partial charge in [-0.05, 0) is 36.4 Å². The molecule has 0 saturated heterocycles. The number of likely N-dealkylation sites (N-methyl/N-ethyl adjacent to an activating group) is 1. The summed E-state index contributed by atoms with van der Waals surface area (Å²) < 4.78 is 6.13. The van der Waals surface area contributed by atoms with Gasteiger partial charge in [0.25, 0.3) is 0 Å². The second kappa shape index (κ2) is 6.94. The molecule has 0 radical (unpaired) electrons. The number of halogens is 1. The lowest BCUT2D eigenvalue weighted by Gasteiger charge is -2.18. The molecule has 0 spiro atoms. The van der Waals surface area contributed by atoms with Crippen LogP contribution in [-0.2, 0) is 6.42 Å². The highest BCUT2D eigenvalue weighted by atomic mass is 35.5. The molecule has 0 aliphatic carbocycles. The molecule has 0 amide bonds. The zero-order valence-corrected chi connectivity index (χ0v) is 12.7. The van der Waals surface area contributed by atoms with Crippen LogP contribution in [0.1, 0.15) is 23.4 Å². The van der Waals surface area contributed by atoms with Crippen LogP contribution < -0.4 is 10.1 Å². The first-order valence-electron chi connectivity index (χ1n) is 6.34. The van der Waals surface area contributed by atoms with E-state index < -0.39 is 0 Å². The van der Waals surface area contributed by atoms with Crippen molar-refractivity contribution in [3.05, 3.63) is 51.2 Å². The van der Waals surface area contributed by atoms with Crippen molar-refractivity contribution >= 4 is 22.9 Å². The van der Waals surface area contributed by atoms with Crippen LogP contribution in [0.25, 0.3) is 0 Å². The van der Waals surface area contributed by atoms with Crippen molar-refractivity contribution in [2.45, 2.75) is 19.4 Å². The Bertz CT molecular complexity index is 526. The zero-order valence-electron chi connectivity index (χ0n) is 11.2. The van der Waals surface area contributed by atoms with Crippen molar-refractivity contribution in [3.63, 3.8) is 0 Å². The van der Waals surface area contributed by atoms with E-state index in [1.807, 2.05) is 18.2 Å². The van der Waals surface area contributed by atoms with Crippen molar-refractivity contribution in [1.29, 1.82) is 0 Å². The van der Waals surface area contributed by atoms with Crippen molar-refractivity contribution in [2.24, 2.45) is 0 Å². The van der Waals surface area contributed by atoms with E-state index in [0.717, 1.165) is 23.1 Å². The molecule has 1 aromatic carbocycles. The third-order valence-corrected chi connectivity index (χ3v) is 4.23. The fraction of sp³-hybridized carbons (Fsp3) is 0.333. The predicted octanol–water partition coefficient (Wildman–Crippen LogP) is 4.30. The van der Waals surface area contributed by atoms with Gasteiger partial charge in [0.2, 0.25) is 0 Å². The molecule has 0 saturated carbocycles. The van der Waals surface area contributed by atoms with Crippen LogP contribution in [0.5, 0.6) is 5.75 Å². The Morgan fingerprint density at radius 2 is 2.16 bits per heavy atom. The first-order chi connectivity index (χ1) is 9.22. The highest BCUT2D eigenvalue weighted by molar-refractivity contribution is 7.16. The Balaban J connectivity index is 2.18. The molecule has 1 N–H and O–H groups in total. The van der Waals surface area contributed by atoms with Gasteiger partial charge in [0.05, 0.1) is 11.4 Å². The van der Waals surface area contributed by atoms with Gasteiger partial charge < -0.3 is 10.1 Å². The van der Waals surface area contributed by atoms with E-state index in [-0.39, 0.29) is 6.04 Å². The zero-order chi connectivity index (χ0) is 13.7. The van der Waals surface area contributed by atoms with Crippen LogP contribution in [-0.4, -0.2) is 13.7 Å². The maximum Gasteiger partial charge on any atom is 0.119 e. The smallest absolute Gasteiger partial charge is 0.119 e. The second-order valence-electron chi connectivity index (χ2n) is 4.30. The summed E-state index contributed by atoms with van der Waals surface area (Å²) in [6, 6.07) is 12.5. The molecule has 1 unspecified atom stereocenters. The van der Waals surface area contributed by atoms with E-state index >= 15 is 0 Å². The van der Waals surface area contributed by atoms with Gasteiger partial charge in [-0.15, -0.1) is 11.3 Å². The summed E-state index contributed by atoms with van der Waals surface area (Å²) in [5.41, 5.74) is 1.24. The number of ether oxygens (including phenoxy) is 1. The van der Waals surface area contributed by atoms with E-state index in [1.165, 1.54) is 10.4 Å². The molecule has 2 rings (SSSR count). The molecule has 4 heteroatoms. The van der Waals surface area contributed by atoms with Crippen LogP contribution in [0, 0.1) is 0 Å². The number of benzene rings is 1. The Hall–Kier alpha value is -1.03. The maximum absolute atomic E-state index is 5.99. The molecular formula is C15H18ClNOS. The number of hydrogen-bond acceptors (Lipinski definition) is 3. The first kappa shape index (κ1) is 14.4. The number of rotatable bonds is 6. The van der Waals surface area contributed by atoms with Gasteiger partial charge in [-0.2, -0.15) is 0 Å². The Morgan fingerprint density at radius 1 is 1.32 bits per heavy atom. The van der Waals surface area contributed by atoms with Gasteiger partial charge in [0.15, 0.2) is 0 Å². The summed E-state index contributed by atoms with van der Waals surface area (Å²) in [6.07, 6.45) is 0.943. The van der Waals surface area contributed by atoms with E-state index in [0.29, 0.717) is 0 Å². The minimum Gasteiger partial charge on any atom is -0.497 e. The van der Waals surface area contributed by atoms with Crippen molar-refractivity contribution in [2.75, 3.05) is 13.7 Å². The summed E-state index contributed by atoms with van der Waals surface area (Å²) in [5, 5.41) is 3.52. The lowest BCUT2D eigenvalue weighted by atomic mass is 10.0. The highest BCUT2D eigenvalue weighted by Gasteiger charge is 2.13. The SMILES string of the molecule is CCNC(Cc1ccc(Cl)s1)c1cccc(OC)c1. The number of thiophene rings is 1. The minimum atomic E-state index is 0.287. The summed E-state index contributed by atoms with van der Waals surface area (Å²) >= 11 is 7.63. The largest absolute Gasteiger partial charge is 0.497 e. The van der Waals surface area contributed by atoms with Crippen LogP contribution >= 0.6 is 22.9 Å². The van der Waals surface area contributed by atoms with Gasteiger partial charge in [0, 0.05) is 17.3 Å². The van der Waals surface area contributed by atoms with Gasteiger partial charge in [-0.1, -0.05) is 30.7 Å². The summed E-state index contributed by atoms with van der Waals surface area (Å²) in [4.78, 5) is 1.29. The van der Waals surface area contributed by atoms with Gasteiger partial charge in [-0.25, -0.2) is 0 Å². The third kappa shape index (κ3) is 3.96. The number of hydrogen-bond donors (Lipinski definition) is 1. The van der Waals surface area contributed by atoms with Crippen LogP contribution in [0.4, 0.5) is 0 Å². The van der Waals surface area contributed by atoms with Crippen molar-refractivity contribution in [1.82, 2.24) is 5.32 Å². The van der Waals surface area contributed by atoms with E-state index in [4.69, 9.17) is 16.3 Å². The van der Waals surface area contributed by atoms with Crippen molar-refractivity contribution < 1.29 is 4.74 Å². The molecule has 2 nitrogen and oxygen atoms in total. The van der Waals surface area contributed by atoms with Gasteiger partial charge >= 0.3 is 0 Å². The third-order valence-electron chi connectivity index (χ3n) is 2.98. The summed E-state index contributed by atoms with van der Waals surface area (Å²) in [6.45, 7) is 3.05. The quantitative estimate of drug-likeness (QED) is 0.858. The molecule has 1 heterocycles. The summed E-state index contributed by atoms with van der Waals surface area (Å²) in [5.74, 6) is 0.893. The normalized spacial score (nSPS) is 12.4. The Labute approximate surface area is 123 Å². The van der Waals surface area contributed by atoms with Crippen LogP contribution in [0.15, 0.2) is 36.4 Å². The van der Waals surface area contributed by atoms with Crippen LogP contribution in [0.3, 0.4) is 0 Å². The minimum absolute atomic E-state index is 0.287. The fourth-order valence-corrected chi connectivity index (χ4v) is 3.21. The monoisotopic (exact) mass is 295 g/mol. The van der Waals surface area contributed by atoms with Gasteiger partial charge in [0.1, 0.15) is 5.75 Å². The molecular weight excluding hydrogens is 278 g/mol. The Morgan fingerprint density at radius 3 is 2.79 bits per heavy atom. The topological polar surface area (TPSA) is 21.3 Å². The van der Waals surface area contributed by atoms with E-state index in [2.05, 4.69) is 30.4 Å². The maximum atomic E-state index is 5.99. The second-order valence-corrected chi connectivity index (χ2v) is 6.10. The lowest BCUT2D eigenvalue weighted by Crippen LogP contribution is -2.22. The summed E-state index contributed by atoms with van der Waals surface area (Å²) in [7, 11) is 1.69. The molecule has 19 heavy (non-hydrogen) atoms. The molecule has 1 aromatic heterocycles. The van der Waals surface area contributed by atoms with Crippen LogP contribution in [0.2, 0.25) is 4.34 Å². The molecule has 0 fully saturated rings. The molecule has 0 bridgehead atoms. The average molecular weight is 296 g/mol. The Kier molecular flexibility index (Phi) is 5.25. The molecule has 2 aromatic rings.